The number of hydrogen-bond donors (Lipinski definition) is 0. The van der Waals surface area contributed by atoms with Crippen LogP contribution in [0.1, 0.15) is 35.5 Å². The monoisotopic (exact) mass is 314 g/mol. The summed E-state index contributed by atoms with van der Waals surface area (Å²) in [5.41, 5.74) is 0.993. The van der Waals surface area contributed by atoms with Crippen molar-refractivity contribution in [3.8, 4) is 0 Å². The first kappa shape index (κ1) is 12.6. The van der Waals surface area contributed by atoms with E-state index < -0.39 is 0 Å². The van der Waals surface area contributed by atoms with E-state index in [0.717, 1.165) is 17.0 Å². The summed E-state index contributed by atoms with van der Waals surface area (Å²) in [6, 6.07) is 7.65. The van der Waals surface area contributed by atoms with Crippen LogP contribution in [0.2, 0.25) is 5.02 Å². The Morgan fingerprint density at radius 3 is 2.82 bits per heavy atom. The van der Waals surface area contributed by atoms with Crippen LogP contribution in [0.4, 0.5) is 0 Å². The summed E-state index contributed by atoms with van der Waals surface area (Å²) in [7, 11) is 0. The average Bonchev–Trinajstić information content (AvgIpc) is 2.80. The van der Waals surface area contributed by atoms with Gasteiger partial charge < -0.3 is 4.42 Å². The van der Waals surface area contributed by atoms with Gasteiger partial charge in [-0.2, -0.15) is 0 Å². The smallest absolute Gasteiger partial charge is 0.230 e. The Morgan fingerprint density at radius 1 is 1.35 bits per heavy atom. The molecule has 5 heteroatoms. The van der Waals surface area contributed by atoms with E-state index in [-0.39, 0.29) is 4.83 Å². The van der Waals surface area contributed by atoms with Crippen molar-refractivity contribution in [1.82, 2.24) is 10.2 Å². The van der Waals surface area contributed by atoms with Gasteiger partial charge in [-0.3, -0.25) is 0 Å². The van der Waals surface area contributed by atoms with Crippen molar-refractivity contribution < 1.29 is 4.42 Å². The summed E-state index contributed by atoms with van der Waals surface area (Å²) in [6.45, 7) is 2.05. The molecule has 0 aliphatic rings. The molecule has 1 aromatic heterocycles. The molecule has 90 valence electrons. The van der Waals surface area contributed by atoms with Crippen LogP contribution in [0.15, 0.2) is 28.7 Å². The van der Waals surface area contributed by atoms with Crippen LogP contribution in [0.5, 0.6) is 0 Å². The first-order chi connectivity index (χ1) is 8.20. The van der Waals surface area contributed by atoms with Gasteiger partial charge in [-0.05, 0) is 18.1 Å². The molecule has 3 nitrogen and oxygen atoms in total. The fourth-order valence-electron chi connectivity index (χ4n) is 1.44. The molecule has 17 heavy (non-hydrogen) atoms. The second-order valence-electron chi connectivity index (χ2n) is 3.68. The average molecular weight is 316 g/mol. The second-order valence-corrected chi connectivity index (χ2v) is 5.19. The van der Waals surface area contributed by atoms with Gasteiger partial charge in [-0.1, -0.05) is 52.7 Å². The molecule has 0 amide bonds. The summed E-state index contributed by atoms with van der Waals surface area (Å²) >= 11 is 9.55. The second kappa shape index (κ2) is 5.65. The van der Waals surface area contributed by atoms with E-state index in [0.29, 0.717) is 18.2 Å². The quantitative estimate of drug-likeness (QED) is 0.795. The van der Waals surface area contributed by atoms with Crippen molar-refractivity contribution in [2.45, 2.75) is 24.6 Å². The molecule has 0 aliphatic carbocycles. The van der Waals surface area contributed by atoms with E-state index in [1.165, 1.54) is 0 Å². The fourth-order valence-corrected chi connectivity index (χ4v) is 1.83. The van der Waals surface area contributed by atoms with Gasteiger partial charge in [0.05, 0.1) is 11.2 Å². The van der Waals surface area contributed by atoms with Crippen LogP contribution >= 0.6 is 27.5 Å². The highest BCUT2D eigenvalue weighted by atomic mass is 79.9. The summed E-state index contributed by atoms with van der Waals surface area (Å²) in [5, 5.41) is 8.74. The lowest BCUT2D eigenvalue weighted by atomic mass is 10.1. The zero-order valence-corrected chi connectivity index (χ0v) is 11.7. The van der Waals surface area contributed by atoms with Gasteiger partial charge in [0, 0.05) is 5.02 Å². The Labute approximate surface area is 113 Å². The zero-order valence-electron chi connectivity index (χ0n) is 9.36. The number of halogens is 2. The van der Waals surface area contributed by atoms with Crippen LogP contribution in [-0.4, -0.2) is 10.2 Å². The third-order valence-electron chi connectivity index (χ3n) is 2.41. The topological polar surface area (TPSA) is 38.9 Å². The highest BCUT2D eigenvalue weighted by Gasteiger charge is 2.14. The third-order valence-corrected chi connectivity index (χ3v) is 3.82. The lowest BCUT2D eigenvalue weighted by Gasteiger charge is -2.00. The molecule has 0 aliphatic heterocycles. The summed E-state index contributed by atoms with van der Waals surface area (Å²) < 4.78 is 5.57. The van der Waals surface area contributed by atoms with Crippen molar-refractivity contribution in [1.29, 1.82) is 0 Å². The Kier molecular flexibility index (Phi) is 4.18. The lowest BCUT2D eigenvalue weighted by molar-refractivity contribution is 0.454. The van der Waals surface area contributed by atoms with E-state index in [1.54, 1.807) is 0 Å². The number of hydrogen-bond acceptors (Lipinski definition) is 3. The van der Waals surface area contributed by atoms with Crippen LogP contribution in [0.25, 0.3) is 0 Å². The van der Waals surface area contributed by atoms with Gasteiger partial charge in [0.15, 0.2) is 0 Å². The minimum absolute atomic E-state index is 0.120. The maximum atomic E-state index is 6.07. The van der Waals surface area contributed by atoms with E-state index in [1.807, 2.05) is 24.3 Å². The molecule has 2 aromatic rings. The van der Waals surface area contributed by atoms with Gasteiger partial charge in [0.25, 0.3) is 0 Å². The molecule has 0 N–H and O–H groups in total. The molecule has 0 bridgehead atoms. The number of alkyl halides is 1. The first-order valence-corrected chi connectivity index (χ1v) is 6.69. The van der Waals surface area contributed by atoms with Gasteiger partial charge in [-0.15, -0.1) is 10.2 Å². The van der Waals surface area contributed by atoms with Gasteiger partial charge in [0.1, 0.15) is 0 Å². The Balaban J connectivity index is 2.14. The third kappa shape index (κ3) is 3.07. The molecule has 0 fully saturated rings. The van der Waals surface area contributed by atoms with Crippen LogP contribution < -0.4 is 0 Å². The normalized spacial score (nSPS) is 12.6. The van der Waals surface area contributed by atoms with Crippen LogP contribution in [-0.2, 0) is 6.42 Å². The maximum absolute atomic E-state index is 6.07. The van der Waals surface area contributed by atoms with Gasteiger partial charge in [-0.25, -0.2) is 0 Å². The Bertz CT molecular complexity index is 501. The largest absolute Gasteiger partial charge is 0.424 e. The predicted octanol–water partition coefficient (Wildman–Crippen LogP) is 4.16. The molecular weight excluding hydrogens is 304 g/mol. The van der Waals surface area contributed by atoms with Crippen molar-refractivity contribution in [2.24, 2.45) is 0 Å². The van der Waals surface area contributed by atoms with Crippen molar-refractivity contribution in [3.05, 3.63) is 46.6 Å². The molecular formula is C12H12BrClN2O. The minimum atomic E-state index is 0.120. The first-order valence-electron chi connectivity index (χ1n) is 5.40. The number of aromatic nitrogens is 2. The van der Waals surface area contributed by atoms with E-state index in [2.05, 4.69) is 33.1 Å². The van der Waals surface area contributed by atoms with Gasteiger partial charge >= 0.3 is 0 Å². The SMILES string of the molecule is CCC(Br)c1nnc(Cc2ccccc2Cl)o1. The lowest BCUT2D eigenvalue weighted by Crippen LogP contribution is -1.89. The molecule has 1 atom stereocenters. The predicted molar refractivity (Wildman–Crippen MR) is 70.5 cm³/mol. The minimum Gasteiger partial charge on any atom is -0.424 e. The van der Waals surface area contributed by atoms with E-state index in [9.17, 15) is 0 Å². The van der Waals surface area contributed by atoms with Crippen molar-refractivity contribution >= 4 is 27.5 Å². The van der Waals surface area contributed by atoms with Crippen molar-refractivity contribution in [2.75, 3.05) is 0 Å². The van der Waals surface area contributed by atoms with Crippen LogP contribution in [0, 0.1) is 0 Å². The summed E-state index contributed by atoms with van der Waals surface area (Å²) in [4.78, 5) is 0.120. The number of benzene rings is 1. The molecule has 1 unspecified atom stereocenters. The number of rotatable bonds is 4. The summed E-state index contributed by atoms with van der Waals surface area (Å²) in [6.07, 6.45) is 1.48. The van der Waals surface area contributed by atoms with Crippen molar-refractivity contribution in [3.63, 3.8) is 0 Å². The molecule has 0 saturated heterocycles. The zero-order chi connectivity index (χ0) is 12.3. The van der Waals surface area contributed by atoms with Gasteiger partial charge in [0.2, 0.25) is 11.8 Å². The van der Waals surface area contributed by atoms with Crippen LogP contribution in [0.3, 0.4) is 0 Å². The Morgan fingerprint density at radius 2 is 2.12 bits per heavy atom. The summed E-state index contributed by atoms with van der Waals surface area (Å²) in [5.74, 6) is 1.21. The Hall–Kier alpha value is -0.870. The molecule has 0 radical (unpaired) electrons. The highest BCUT2D eigenvalue weighted by Crippen LogP contribution is 2.25. The van der Waals surface area contributed by atoms with E-state index >= 15 is 0 Å². The molecule has 0 saturated carbocycles. The molecule has 0 spiro atoms. The number of nitrogens with zero attached hydrogens (tertiary/aromatic N) is 2. The fraction of sp³-hybridized carbons (Fsp3) is 0.333. The van der Waals surface area contributed by atoms with E-state index in [4.69, 9.17) is 16.0 Å². The molecule has 1 heterocycles. The molecule has 2 rings (SSSR count). The standard InChI is InChI=1S/C12H12BrClN2O/c1-2-9(13)12-16-15-11(17-12)7-8-5-3-4-6-10(8)14/h3-6,9H,2,7H2,1H3. The highest BCUT2D eigenvalue weighted by molar-refractivity contribution is 9.09. The maximum Gasteiger partial charge on any atom is 0.230 e. The molecule has 1 aromatic carbocycles.